The molecule has 2 rings (SSSR count). The zero-order valence-corrected chi connectivity index (χ0v) is 11.9. The summed E-state index contributed by atoms with van der Waals surface area (Å²) in [6, 6.07) is 0. The molecule has 0 aliphatic heterocycles. The normalized spacial score (nSPS) is 10.9. The Morgan fingerprint density at radius 2 is 2.20 bits per heavy atom. The number of fused-ring (bicyclic) bond motifs is 1. The first-order valence-electron chi connectivity index (χ1n) is 6.67. The van der Waals surface area contributed by atoms with E-state index in [-0.39, 0.29) is 0 Å². The van der Waals surface area contributed by atoms with E-state index in [0.717, 1.165) is 30.2 Å². The Bertz CT molecular complexity index is 528. The second-order valence-corrected chi connectivity index (χ2v) is 4.27. The van der Waals surface area contributed by atoms with Gasteiger partial charge < -0.3 is 24.5 Å². The first-order chi connectivity index (χ1) is 9.85. The summed E-state index contributed by atoms with van der Waals surface area (Å²) in [7, 11) is 3.51. The van der Waals surface area contributed by atoms with Crippen molar-refractivity contribution < 1.29 is 9.47 Å². The number of hydrogen-bond acceptors (Lipinski definition) is 6. The lowest BCUT2D eigenvalue weighted by atomic mass is 10.4. The molecule has 2 heterocycles. The van der Waals surface area contributed by atoms with Gasteiger partial charge in [0.15, 0.2) is 11.5 Å². The van der Waals surface area contributed by atoms with Crippen molar-refractivity contribution in [1.29, 1.82) is 0 Å². The summed E-state index contributed by atoms with van der Waals surface area (Å²) in [5.74, 6) is 1.58. The fourth-order valence-corrected chi connectivity index (χ4v) is 1.80. The molecule has 0 bridgehead atoms. The molecule has 0 radical (unpaired) electrons. The third-order valence-electron chi connectivity index (χ3n) is 2.82. The Morgan fingerprint density at radius 3 is 3.00 bits per heavy atom. The summed E-state index contributed by atoms with van der Waals surface area (Å²) in [4.78, 5) is 8.77. The van der Waals surface area contributed by atoms with Crippen molar-refractivity contribution in [2.45, 2.75) is 6.42 Å². The predicted octanol–water partition coefficient (Wildman–Crippen LogP) is 1.24. The summed E-state index contributed by atoms with van der Waals surface area (Å²) < 4.78 is 12.3. The number of rotatable bonds is 9. The SMILES string of the molecule is CNc1cn2ccnc2c(NCCCOCCOC)n1. The number of imidazole rings is 1. The van der Waals surface area contributed by atoms with Crippen molar-refractivity contribution >= 4 is 17.3 Å². The molecule has 0 aliphatic rings. The van der Waals surface area contributed by atoms with Crippen LogP contribution >= 0.6 is 0 Å². The van der Waals surface area contributed by atoms with E-state index in [0.29, 0.717) is 19.8 Å². The summed E-state index contributed by atoms with van der Waals surface area (Å²) in [5, 5.41) is 6.33. The van der Waals surface area contributed by atoms with Crippen LogP contribution in [0.15, 0.2) is 18.6 Å². The first-order valence-corrected chi connectivity index (χ1v) is 6.67. The van der Waals surface area contributed by atoms with Crippen molar-refractivity contribution in [2.24, 2.45) is 0 Å². The standard InChI is InChI=1S/C13H21N5O2/c1-14-11-10-18-6-5-16-13(18)12(17-11)15-4-3-7-20-9-8-19-2/h5-6,10,14H,3-4,7-9H2,1-2H3,(H,15,17). The number of ether oxygens (including phenoxy) is 2. The monoisotopic (exact) mass is 279 g/mol. The lowest BCUT2D eigenvalue weighted by Crippen LogP contribution is -2.10. The molecule has 0 spiro atoms. The average Bonchev–Trinajstić information content (AvgIpc) is 2.94. The van der Waals surface area contributed by atoms with E-state index in [1.54, 1.807) is 13.3 Å². The van der Waals surface area contributed by atoms with E-state index in [1.165, 1.54) is 0 Å². The maximum absolute atomic E-state index is 5.41. The summed E-state index contributed by atoms with van der Waals surface area (Å²) in [5.41, 5.74) is 0.823. The number of nitrogens with zero attached hydrogens (tertiary/aromatic N) is 3. The highest BCUT2D eigenvalue weighted by Crippen LogP contribution is 2.15. The number of hydrogen-bond donors (Lipinski definition) is 2. The summed E-state index contributed by atoms with van der Waals surface area (Å²) in [6.07, 6.45) is 6.47. The van der Waals surface area contributed by atoms with Crippen LogP contribution in [0.25, 0.3) is 5.65 Å². The van der Waals surface area contributed by atoms with E-state index in [1.807, 2.05) is 23.8 Å². The van der Waals surface area contributed by atoms with Gasteiger partial charge in [-0.05, 0) is 6.42 Å². The molecule has 0 fully saturated rings. The highest BCUT2D eigenvalue weighted by atomic mass is 16.5. The Labute approximate surface area is 118 Å². The van der Waals surface area contributed by atoms with Crippen LogP contribution in [0.5, 0.6) is 0 Å². The molecule has 20 heavy (non-hydrogen) atoms. The van der Waals surface area contributed by atoms with Gasteiger partial charge in [0.1, 0.15) is 5.82 Å². The van der Waals surface area contributed by atoms with Gasteiger partial charge in [0.25, 0.3) is 0 Å². The minimum absolute atomic E-state index is 0.633. The fraction of sp³-hybridized carbons (Fsp3) is 0.538. The maximum Gasteiger partial charge on any atom is 0.180 e. The molecule has 0 aromatic carbocycles. The van der Waals surface area contributed by atoms with Gasteiger partial charge in [0, 0.05) is 39.7 Å². The average molecular weight is 279 g/mol. The number of methoxy groups -OCH3 is 1. The van der Waals surface area contributed by atoms with Gasteiger partial charge in [-0.3, -0.25) is 0 Å². The number of anilines is 2. The Morgan fingerprint density at radius 1 is 1.30 bits per heavy atom. The Hall–Kier alpha value is -1.86. The fourth-order valence-electron chi connectivity index (χ4n) is 1.80. The molecule has 0 amide bonds. The smallest absolute Gasteiger partial charge is 0.180 e. The van der Waals surface area contributed by atoms with Crippen LogP contribution in [0.4, 0.5) is 11.6 Å². The van der Waals surface area contributed by atoms with E-state index < -0.39 is 0 Å². The molecule has 0 aliphatic carbocycles. The highest BCUT2D eigenvalue weighted by Gasteiger charge is 2.05. The summed E-state index contributed by atoms with van der Waals surface area (Å²) >= 11 is 0. The quantitative estimate of drug-likeness (QED) is 0.673. The number of nitrogens with one attached hydrogen (secondary N) is 2. The third kappa shape index (κ3) is 3.82. The zero-order chi connectivity index (χ0) is 14.2. The van der Waals surface area contributed by atoms with E-state index in [2.05, 4.69) is 20.6 Å². The van der Waals surface area contributed by atoms with Crippen LogP contribution in [-0.2, 0) is 9.47 Å². The van der Waals surface area contributed by atoms with Crippen molar-refractivity contribution in [3.8, 4) is 0 Å². The predicted molar refractivity (Wildman–Crippen MR) is 78.3 cm³/mol. The van der Waals surface area contributed by atoms with E-state index in [4.69, 9.17) is 9.47 Å². The topological polar surface area (TPSA) is 72.7 Å². The lowest BCUT2D eigenvalue weighted by Gasteiger charge is -2.09. The Balaban J connectivity index is 1.84. The van der Waals surface area contributed by atoms with Gasteiger partial charge >= 0.3 is 0 Å². The zero-order valence-electron chi connectivity index (χ0n) is 11.9. The van der Waals surface area contributed by atoms with Gasteiger partial charge in [-0.1, -0.05) is 0 Å². The molecule has 0 unspecified atom stereocenters. The largest absolute Gasteiger partial charge is 0.382 e. The van der Waals surface area contributed by atoms with Crippen LogP contribution in [0.3, 0.4) is 0 Å². The van der Waals surface area contributed by atoms with Crippen molar-refractivity contribution in [3.05, 3.63) is 18.6 Å². The summed E-state index contributed by atoms with van der Waals surface area (Å²) in [6.45, 7) is 2.75. The molecule has 7 heteroatoms. The number of aromatic nitrogens is 3. The molecule has 0 saturated heterocycles. The van der Waals surface area contributed by atoms with Gasteiger partial charge in [0.05, 0.1) is 19.4 Å². The van der Waals surface area contributed by atoms with Crippen LogP contribution in [0.1, 0.15) is 6.42 Å². The second-order valence-electron chi connectivity index (χ2n) is 4.27. The van der Waals surface area contributed by atoms with Gasteiger partial charge in [-0.15, -0.1) is 0 Å². The van der Waals surface area contributed by atoms with Crippen LogP contribution in [-0.4, -0.2) is 54.9 Å². The minimum atomic E-state index is 0.633. The lowest BCUT2D eigenvalue weighted by molar-refractivity contribution is 0.0705. The van der Waals surface area contributed by atoms with Crippen LogP contribution in [0.2, 0.25) is 0 Å². The highest BCUT2D eigenvalue weighted by molar-refractivity contribution is 5.65. The molecule has 2 N–H and O–H groups in total. The van der Waals surface area contributed by atoms with E-state index >= 15 is 0 Å². The molecule has 0 atom stereocenters. The van der Waals surface area contributed by atoms with Crippen molar-refractivity contribution in [1.82, 2.24) is 14.4 Å². The van der Waals surface area contributed by atoms with Crippen molar-refractivity contribution in [2.75, 3.05) is 51.2 Å². The molecule has 0 saturated carbocycles. The molecular formula is C13H21N5O2. The van der Waals surface area contributed by atoms with Crippen molar-refractivity contribution in [3.63, 3.8) is 0 Å². The van der Waals surface area contributed by atoms with Gasteiger partial charge in [0.2, 0.25) is 0 Å². The first kappa shape index (κ1) is 14.5. The van der Waals surface area contributed by atoms with E-state index in [9.17, 15) is 0 Å². The van der Waals surface area contributed by atoms with Gasteiger partial charge in [-0.25, -0.2) is 9.97 Å². The van der Waals surface area contributed by atoms with Crippen LogP contribution < -0.4 is 10.6 Å². The molecular weight excluding hydrogens is 258 g/mol. The molecule has 110 valence electrons. The Kier molecular flexibility index (Phi) is 5.57. The molecule has 2 aromatic rings. The minimum Gasteiger partial charge on any atom is -0.382 e. The molecule has 2 aromatic heterocycles. The third-order valence-corrected chi connectivity index (χ3v) is 2.82. The maximum atomic E-state index is 5.41. The van der Waals surface area contributed by atoms with Crippen LogP contribution in [0, 0.1) is 0 Å². The van der Waals surface area contributed by atoms with Gasteiger partial charge in [-0.2, -0.15) is 0 Å². The molecule has 7 nitrogen and oxygen atoms in total. The second kappa shape index (κ2) is 7.66.